The molecule has 0 radical (unpaired) electrons. The highest BCUT2D eigenvalue weighted by molar-refractivity contribution is 5.95. The average molecular weight is 371 g/mol. The summed E-state index contributed by atoms with van der Waals surface area (Å²) in [5, 5.41) is 3.09. The molecule has 1 saturated carbocycles. The van der Waals surface area contributed by atoms with E-state index in [1.807, 2.05) is 6.07 Å². The van der Waals surface area contributed by atoms with Crippen LogP contribution in [0.3, 0.4) is 0 Å². The third kappa shape index (κ3) is 6.75. The molecule has 1 aromatic rings. The largest absolute Gasteiger partial charge is 0.493 e. The minimum absolute atomic E-state index is 0. The Morgan fingerprint density at radius 2 is 1.92 bits per heavy atom. The first kappa shape index (κ1) is 21.6. The number of carbonyl (C=O) groups excluding carboxylic acids is 1. The van der Waals surface area contributed by atoms with Crippen molar-refractivity contribution >= 4 is 18.3 Å². The lowest BCUT2D eigenvalue weighted by Crippen LogP contribution is -2.40. The molecule has 0 heterocycles. The first-order valence-electron chi connectivity index (χ1n) is 8.87. The predicted octanol–water partition coefficient (Wildman–Crippen LogP) is 3.54. The van der Waals surface area contributed by atoms with E-state index in [-0.39, 0.29) is 30.4 Å². The Morgan fingerprint density at radius 1 is 1.24 bits per heavy atom. The van der Waals surface area contributed by atoms with Gasteiger partial charge < -0.3 is 20.5 Å². The van der Waals surface area contributed by atoms with Gasteiger partial charge in [-0.25, -0.2) is 0 Å². The lowest BCUT2D eigenvalue weighted by Gasteiger charge is -2.26. The highest BCUT2D eigenvalue weighted by atomic mass is 35.5. The van der Waals surface area contributed by atoms with Crippen LogP contribution in [0.2, 0.25) is 0 Å². The van der Waals surface area contributed by atoms with Gasteiger partial charge in [0.2, 0.25) is 0 Å². The van der Waals surface area contributed by atoms with Gasteiger partial charge in [0, 0.05) is 17.6 Å². The van der Waals surface area contributed by atoms with E-state index in [9.17, 15) is 4.79 Å². The maximum Gasteiger partial charge on any atom is 0.251 e. The second kappa shape index (κ2) is 10.5. The van der Waals surface area contributed by atoms with Crippen molar-refractivity contribution in [3.8, 4) is 11.5 Å². The van der Waals surface area contributed by atoms with Gasteiger partial charge in [-0.1, -0.05) is 13.8 Å². The maximum absolute atomic E-state index is 12.4. The lowest BCUT2D eigenvalue weighted by atomic mass is 9.91. The minimum atomic E-state index is -0.0671. The molecule has 6 heteroatoms. The van der Waals surface area contributed by atoms with E-state index >= 15 is 0 Å². The van der Waals surface area contributed by atoms with E-state index in [1.165, 1.54) is 0 Å². The van der Waals surface area contributed by atoms with E-state index in [0.29, 0.717) is 29.6 Å². The Balaban J connectivity index is 0.00000312. The molecule has 0 spiro atoms. The molecule has 5 nitrogen and oxygen atoms in total. The summed E-state index contributed by atoms with van der Waals surface area (Å²) in [7, 11) is 1.59. The Labute approximate surface area is 157 Å². The Bertz CT molecular complexity index is 543. The van der Waals surface area contributed by atoms with Crippen LogP contribution in [0.5, 0.6) is 11.5 Å². The van der Waals surface area contributed by atoms with Crippen LogP contribution in [0, 0.1) is 5.92 Å². The molecule has 1 amide bonds. The van der Waals surface area contributed by atoms with Crippen molar-refractivity contribution in [2.24, 2.45) is 11.7 Å². The molecule has 0 unspecified atom stereocenters. The Kier molecular flexibility index (Phi) is 9.08. The van der Waals surface area contributed by atoms with Gasteiger partial charge in [0.1, 0.15) is 0 Å². The third-order valence-corrected chi connectivity index (χ3v) is 4.49. The molecule has 1 aliphatic carbocycles. The molecule has 0 aliphatic heterocycles. The van der Waals surface area contributed by atoms with Gasteiger partial charge in [-0.15, -0.1) is 12.4 Å². The van der Waals surface area contributed by atoms with E-state index in [1.54, 1.807) is 19.2 Å². The van der Waals surface area contributed by atoms with Crippen LogP contribution in [-0.2, 0) is 0 Å². The van der Waals surface area contributed by atoms with Gasteiger partial charge in [0.15, 0.2) is 11.5 Å². The van der Waals surface area contributed by atoms with Crippen LogP contribution in [-0.4, -0.2) is 31.7 Å². The zero-order valence-corrected chi connectivity index (χ0v) is 16.2. The fourth-order valence-corrected chi connectivity index (χ4v) is 2.86. The summed E-state index contributed by atoms with van der Waals surface area (Å²) >= 11 is 0. The zero-order chi connectivity index (χ0) is 17.5. The lowest BCUT2D eigenvalue weighted by molar-refractivity contribution is 0.0925. The van der Waals surface area contributed by atoms with Crippen molar-refractivity contribution < 1.29 is 14.3 Å². The van der Waals surface area contributed by atoms with E-state index < -0.39 is 0 Å². The zero-order valence-electron chi connectivity index (χ0n) is 15.4. The molecule has 0 bridgehead atoms. The number of hydrogen-bond acceptors (Lipinski definition) is 4. The van der Waals surface area contributed by atoms with Crippen molar-refractivity contribution in [2.45, 2.75) is 58.0 Å². The predicted molar refractivity (Wildman–Crippen MR) is 103 cm³/mol. The Morgan fingerprint density at radius 3 is 2.52 bits per heavy atom. The minimum Gasteiger partial charge on any atom is -0.493 e. The molecule has 142 valence electrons. The van der Waals surface area contributed by atoms with Crippen molar-refractivity contribution in [1.29, 1.82) is 0 Å². The molecule has 1 aromatic carbocycles. The molecule has 1 fully saturated rings. The van der Waals surface area contributed by atoms with Crippen LogP contribution in [0.4, 0.5) is 0 Å². The molecule has 25 heavy (non-hydrogen) atoms. The highest BCUT2D eigenvalue weighted by Crippen LogP contribution is 2.28. The molecule has 3 N–H and O–H groups in total. The summed E-state index contributed by atoms with van der Waals surface area (Å²) in [4.78, 5) is 12.4. The number of rotatable bonds is 7. The number of halogens is 1. The van der Waals surface area contributed by atoms with Gasteiger partial charge in [-0.3, -0.25) is 4.79 Å². The quantitative estimate of drug-likeness (QED) is 0.769. The van der Waals surface area contributed by atoms with Gasteiger partial charge in [0.05, 0.1) is 13.7 Å². The summed E-state index contributed by atoms with van der Waals surface area (Å²) in [5.74, 6) is 1.79. The summed E-state index contributed by atoms with van der Waals surface area (Å²) in [6, 6.07) is 5.84. The summed E-state index contributed by atoms with van der Waals surface area (Å²) in [6.45, 7) is 4.96. The number of benzene rings is 1. The number of amides is 1. The van der Waals surface area contributed by atoms with Gasteiger partial charge in [-0.05, 0) is 56.2 Å². The summed E-state index contributed by atoms with van der Waals surface area (Å²) in [6.07, 6.45) is 4.81. The van der Waals surface area contributed by atoms with E-state index in [4.69, 9.17) is 15.2 Å². The van der Waals surface area contributed by atoms with E-state index in [2.05, 4.69) is 19.2 Å². The topological polar surface area (TPSA) is 73.6 Å². The van der Waals surface area contributed by atoms with Crippen LogP contribution < -0.4 is 20.5 Å². The molecular formula is C19H31ClN2O3. The second-order valence-corrected chi connectivity index (χ2v) is 6.98. The van der Waals surface area contributed by atoms with Crippen molar-refractivity contribution in [3.63, 3.8) is 0 Å². The third-order valence-electron chi connectivity index (χ3n) is 4.49. The monoisotopic (exact) mass is 370 g/mol. The number of methoxy groups -OCH3 is 1. The van der Waals surface area contributed by atoms with Crippen LogP contribution in [0.25, 0.3) is 0 Å². The molecule has 0 saturated heterocycles. The fourth-order valence-electron chi connectivity index (χ4n) is 2.86. The molecule has 0 aromatic heterocycles. The second-order valence-electron chi connectivity index (χ2n) is 6.98. The van der Waals surface area contributed by atoms with Gasteiger partial charge >= 0.3 is 0 Å². The maximum atomic E-state index is 12.4. The first-order chi connectivity index (χ1) is 11.5. The summed E-state index contributed by atoms with van der Waals surface area (Å²) < 4.78 is 11.1. The standard InChI is InChI=1S/C19H30N2O3.ClH/c1-13(2)10-11-24-17-9-4-14(12-18(17)23-3)19(22)21-16-7-5-15(20)6-8-16;/h4,9,12-13,15-16H,5-8,10-11,20H2,1-3H3,(H,21,22);1H. The number of hydrogen-bond donors (Lipinski definition) is 2. The van der Waals surface area contributed by atoms with Crippen LogP contribution in [0.15, 0.2) is 18.2 Å². The number of carbonyl (C=O) groups is 1. The average Bonchev–Trinajstić information content (AvgIpc) is 2.56. The highest BCUT2D eigenvalue weighted by Gasteiger charge is 2.21. The Hall–Kier alpha value is -1.46. The number of nitrogens with one attached hydrogen (secondary N) is 1. The van der Waals surface area contributed by atoms with Crippen molar-refractivity contribution in [1.82, 2.24) is 5.32 Å². The summed E-state index contributed by atoms with van der Waals surface area (Å²) in [5.41, 5.74) is 6.50. The molecular weight excluding hydrogens is 340 g/mol. The van der Waals surface area contributed by atoms with Crippen LogP contribution >= 0.6 is 12.4 Å². The fraction of sp³-hybridized carbons (Fsp3) is 0.632. The number of nitrogens with two attached hydrogens (primary N) is 1. The van der Waals surface area contributed by atoms with E-state index in [0.717, 1.165) is 32.1 Å². The van der Waals surface area contributed by atoms with Crippen molar-refractivity contribution in [3.05, 3.63) is 23.8 Å². The SMILES string of the molecule is COc1cc(C(=O)NC2CCC(N)CC2)ccc1OCCC(C)C.Cl. The molecule has 2 rings (SSSR count). The van der Waals surface area contributed by atoms with Gasteiger partial charge in [0.25, 0.3) is 5.91 Å². The molecule has 0 atom stereocenters. The normalized spacial score (nSPS) is 19.9. The van der Waals surface area contributed by atoms with Gasteiger partial charge in [-0.2, -0.15) is 0 Å². The molecule has 1 aliphatic rings. The smallest absolute Gasteiger partial charge is 0.251 e. The number of ether oxygens (including phenoxy) is 2. The van der Waals surface area contributed by atoms with Crippen molar-refractivity contribution in [2.75, 3.05) is 13.7 Å². The first-order valence-corrected chi connectivity index (χ1v) is 8.87. The van der Waals surface area contributed by atoms with Crippen LogP contribution in [0.1, 0.15) is 56.3 Å².